The van der Waals surface area contributed by atoms with Gasteiger partial charge in [0.05, 0.1) is 11.7 Å². The number of ether oxygens (including phenoxy) is 2. The van der Waals surface area contributed by atoms with Crippen LogP contribution in [-0.4, -0.2) is 42.1 Å². The zero-order chi connectivity index (χ0) is 20.7. The van der Waals surface area contributed by atoms with Gasteiger partial charge in [-0.3, -0.25) is 4.79 Å². The number of aromatic amines is 1. The van der Waals surface area contributed by atoms with Crippen LogP contribution in [0.3, 0.4) is 0 Å². The predicted octanol–water partition coefficient (Wildman–Crippen LogP) is 2.71. The van der Waals surface area contributed by atoms with E-state index in [0.717, 1.165) is 5.56 Å². The van der Waals surface area contributed by atoms with Gasteiger partial charge in [0.2, 0.25) is 0 Å². The van der Waals surface area contributed by atoms with Crippen molar-refractivity contribution in [1.82, 2.24) is 10.3 Å². The third-order valence-electron chi connectivity index (χ3n) is 4.10. The Morgan fingerprint density at radius 3 is 2.39 bits per heavy atom. The number of rotatable bonds is 8. The lowest BCUT2D eigenvalue weighted by atomic mass is 10.1. The molecule has 1 amide bonds. The molecule has 0 aliphatic rings. The van der Waals surface area contributed by atoms with Gasteiger partial charge in [-0.1, -0.05) is 30.3 Å². The minimum absolute atomic E-state index is 0.144. The lowest BCUT2D eigenvalue weighted by Crippen LogP contribution is -2.30. The van der Waals surface area contributed by atoms with Gasteiger partial charge >= 0.3 is 11.9 Å². The summed E-state index contributed by atoms with van der Waals surface area (Å²) in [5, 5.41) is 2.71. The minimum Gasteiger partial charge on any atom is -0.459 e. The fourth-order valence-electron chi connectivity index (χ4n) is 2.78. The summed E-state index contributed by atoms with van der Waals surface area (Å²) in [4.78, 5) is 39.2. The summed E-state index contributed by atoms with van der Waals surface area (Å²) in [6.07, 6.45) is 0.424. The average Bonchev–Trinajstić information content (AvgIpc) is 2.94. The highest BCUT2D eigenvalue weighted by atomic mass is 16.5. The van der Waals surface area contributed by atoms with E-state index in [4.69, 9.17) is 9.47 Å². The number of hydrogen-bond donors (Lipinski definition) is 2. The Kier molecular flexibility index (Phi) is 7.37. The second-order valence-electron chi connectivity index (χ2n) is 6.74. The fraction of sp³-hybridized carbons (Fsp3) is 0.381. The maximum atomic E-state index is 12.3. The first-order chi connectivity index (χ1) is 13.3. The van der Waals surface area contributed by atoms with Crippen molar-refractivity contribution in [1.29, 1.82) is 0 Å². The van der Waals surface area contributed by atoms with Gasteiger partial charge < -0.3 is 19.8 Å². The molecule has 2 rings (SSSR count). The molecule has 0 bridgehead atoms. The van der Waals surface area contributed by atoms with Gasteiger partial charge in [-0.15, -0.1) is 0 Å². The molecule has 7 nitrogen and oxygen atoms in total. The standard InChI is InChI=1S/C21H26N2O5/c1-13(2)28-20(25)18-14(3)19(23-15(18)4)21(26)27-12-17(24)22-11-10-16-8-6-5-7-9-16/h5-9,13,23H,10-12H2,1-4H3,(H,22,24). The normalized spacial score (nSPS) is 10.6. The van der Waals surface area contributed by atoms with Gasteiger partial charge in [0.1, 0.15) is 5.69 Å². The van der Waals surface area contributed by atoms with Crippen molar-refractivity contribution in [3.8, 4) is 0 Å². The molecule has 1 heterocycles. The molecule has 1 aromatic carbocycles. The largest absolute Gasteiger partial charge is 0.459 e. The second kappa shape index (κ2) is 9.73. The number of carbonyl (C=O) groups is 3. The fourth-order valence-corrected chi connectivity index (χ4v) is 2.78. The topological polar surface area (TPSA) is 97.5 Å². The van der Waals surface area contributed by atoms with Crippen LogP contribution in [0.2, 0.25) is 0 Å². The van der Waals surface area contributed by atoms with Crippen LogP contribution in [0.25, 0.3) is 0 Å². The average molecular weight is 386 g/mol. The highest BCUT2D eigenvalue weighted by Gasteiger charge is 2.24. The van der Waals surface area contributed by atoms with Crippen LogP contribution in [0.4, 0.5) is 0 Å². The molecule has 0 atom stereocenters. The Hall–Kier alpha value is -3.09. The third kappa shape index (κ3) is 5.70. The van der Waals surface area contributed by atoms with Crippen molar-refractivity contribution < 1.29 is 23.9 Å². The number of amides is 1. The summed E-state index contributed by atoms with van der Waals surface area (Å²) < 4.78 is 10.3. The van der Waals surface area contributed by atoms with E-state index in [1.807, 2.05) is 30.3 Å². The highest BCUT2D eigenvalue weighted by Crippen LogP contribution is 2.20. The zero-order valence-electron chi connectivity index (χ0n) is 16.6. The monoisotopic (exact) mass is 386 g/mol. The van der Waals surface area contributed by atoms with E-state index < -0.39 is 18.5 Å². The van der Waals surface area contributed by atoms with Gasteiger partial charge in [0.25, 0.3) is 5.91 Å². The van der Waals surface area contributed by atoms with E-state index in [1.165, 1.54) is 0 Å². The molecule has 0 fully saturated rings. The van der Waals surface area contributed by atoms with E-state index in [2.05, 4.69) is 10.3 Å². The maximum absolute atomic E-state index is 12.3. The van der Waals surface area contributed by atoms with Gasteiger partial charge in [0, 0.05) is 12.2 Å². The number of hydrogen-bond acceptors (Lipinski definition) is 5. The smallest absolute Gasteiger partial charge is 0.355 e. The summed E-state index contributed by atoms with van der Waals surface area (Å²) in [6, 6.07) is 9.75. The molecule has 0 radical (unpaired) electrons. The zero-order valence-corrected chi connectivity index (χ0v) is 16.6. The van der Waals surface area contributed by atoms with Crippen LogP contribution in [0.15, 0.2) is 30.3 Å². The number of aromatic nitrogens is 1. The van der Waals surface area contributed by atoms with Crippen molar-refractivity contribution in [2.45, 2.75) is 40.2 Å². The van der Waals surface area contributed by atoms with Crippen molar-refractivity contribution in [2.75, 3.05) is 13.2 Å². The van der Waals surface area contributed by atoms with Crippen molar-refractivity contribution in [2.24, 2.45) is 0 Å². The lowest BCUT2D eigenvalue weighted by molar-refractivity contribution is -0.124. The Labute approximate surface area is 164 Å². The quantitative estimate of drug-likeness (QED) is 0.680. The molecular formula is C21H26N2O5. The molecule has 28 heavy (non-hydrogen) atoms. The molecule has 0 saturated heterocycles. The highest BCUT2D eigenvalue weighted by molar-refractivity contribution is 5.99. The number of aryl methyl sites for hydroxylation is 1. The molecule has 2 N–H and O–H groups in total. The lowest BCUT2D eigenvalue weighted by Gasteiger charge is -2.08. The van der Waals surface area contributed by atoms with E-state index >= 15 is 0 Å². The SMILES string of the molecule is Cc1[nH]c(C(=O)OCC(=O)NCCc2ccccc2)c(C)c1C(=O)OC(C)C. The summed E-state index contributed by atoms with van der Waals surface area (Å²) in [6.45, 7) is 6.87. The van der Waals surface area contributed by atoms with Crippen LogP contribution < -0.4 is 5.32 Å². The van der Waals surface area contributed by atoms with Crippen LogP contribution in [-0.2, 0) is 20.7 Å². The first-order valence-electron chi connectivity index (χ1n) is 9.17. The van der Waals surface area contributed by atoms with Gasteiger partial charge in [-0.2, -0.15) is 0 Å². The summed E-state index contributed by atoms with van der Waals surface area (Å²) in [5.41, 5.74) is 2.52. The first-order valence-corrected chi connectivity index (χ1v) is 9.17. The molecule has 150 valence electrons. The number of nitrogens with one attached hydrogen (secondary N) is 2. The predicted molar refractivity (Wildman–Crippen MR) is 104 cm³/mol. The molecule has 0 saturated carbocycles. The molecule has 7 heteroatoms. The number of esters is 2. The number of benzene rings is 1. The Morgan fingerprint density at radius 2 is 1.75 bits per heavy atom. The van der Waals surface area contributed by atoms with Crippen molar-refractivity contribution in [3.05, 3.63) is 58.4 Å². The van der Waals surface area contributed by atoms with Crippen LogP contribution in [0, 0.1) is 13.8 Å². The van der Waals surface area contributed by atoms with Crippen LogP contribution >= 0.6 is 0 Å². The Bertz CT molecular complexity index is 840. The first kappa shape index (κ1) is 21.2. The van der Waals surface area contributed by atoms with Crippen LogP contribution in [0.5, 0.6) is 0 Å². The summed E-state index contributed by atoms with van der Waals surface area (Å²) in [7, 11) is 0. The number of carbonyl (C=O) groups excluding carboxylic acids is 3. The maximum Gasteiger partial charge on any atom is 0.355 e. The van der Waals surface area contributed by atoms with Gasteiger partial charge in [0.15, 0.2) is 6.61 Å². The molecule has 0 aliphatic carbocycles. The van der Waals surface area contributed by atoms with E-state index in [-0.39, 0.29) is 17.7 Å². The number of H-pyrrole nitrogens is 1. The summed E-state index contributed by atoms with van der Waals surface area (Å²) in [5.74, 6) is -1.58. The second-order valence-corrected chi connectivity index (χ2v) is 6.74. The molecule has 0 aliphatic heterocycles. The van der Waals surface area contributed by atoms with Crippen molar-refractivity contribution >= 4 is 17.8 Å². The van der Waals surface area contributed by atoms with Gasteiger partial charge in [-0.25, -0.2) is 9.59 Å². The van der Waals surface area contributed by atoms with E-state index in [0.29, 0.717) is 29.8 Å². The third-order valence-corrected chi connectivity index (χ3v) is 4.10. The van der Waals surface area contributed by atoms with Crippen LogP contribution in [0.1, 0.15) is 51.5 Å². The summed E-state index contributed by atoms with van der Waals surface area (Å²) >= 11 is 0. The van der Waals surface area contributed by atoms with E-state index in [1.54, 1.807) is 27.7 Å². The van der Waals surface area contributed by atoms with E-state index in [9.17, 15) is 14.4 Å². The Morgan fingerprint density at radius 1 is 1.07 bits per heavy atom. The molecule has 1 aromatic heterocycles. The molecular weight excluding hydrogens is 360 g/mol. The Balaban J connectivity index is 1.87. The minimum atomic E-state index is -0.692. The molecule has 0 unspecified atom stereocenters. The molecule has 0 spiro atoms. The molecule has 2 aromatic rings. The van der Waals surface area contributed by atoms with Crippen molar-refractivity contribution in [3.63, 3.8) is 0 Å². The van der Waals surface area contributed by atoms with Gasteiger partial charge in [-0.05, 0) is 45.2 Å².